The van der Waals surface area contributed by atoms with Crippen molar-refractivity contribution < 1.29 is 36.7 Å². The Kier molecular flexibility index (Phi) is 11.6. The van der Waals surface area contributed by atoms with Crippen LogP contribution in [-0.4, -0.2) is 27.4 Å². The molecular formula is C30H29Cl3F3N3O7. The van der Waals surface area contributed by atoms with Crippen molar-refractivity contribution in [3.8, 4) is 28.7 Å². The van der Waals surface area contributed by atoms with Crippen molar-refractivity contribution in [2.24, 2.45) is 0 Å². The molecule has 0 saturated heterocycles. The number of nitrogens with zero attached hydrogens (tertiary/aromatic N) is 3. The van der Waals surface area contributed by atoms with Gasteiger partial charge in [0.2, 0.25) is 11.6 Å². The Balaban J connectivity index is 0.000000251. The molecule has 0 aliphatic rings. The first kappa shape index (κ1) is 36.5. The maximum absolute atomic E-state index is 12.6. The summed E-state index contributed by atoms with van der Waals surface area (Å²) >= 11 is 18.1. The summed E-state index contributed by atoms with van der Waals surface area (Å²) < 4.78 is 60.3. The molecule has 0 saturated carbocycles. The SMILES string of the molecule is CC(C)Oc1cc(-n2nc(C(C)(C)C)oc2=O)c(Cl)cc1Cl.CCOc1cc(Oc2ccc(C(F)(F)F)cc2Cl)ccc1[N+](=O)[O-]. The zero-order valence-corrected chi connectivity index (χ0v) is 27.6. The molecule has 248 valence electrons. The Bertz CT molecular complexity index is 1770. The average molecular weight is 707 g/mol. The molecule has 3 aromatic carbocycles. The fourth-order valence-electron chi connectivity index (χ4n) is 3.63. The molecule has 1 heterocycles. The van der Waals surface area contributed by atoms with Crippen LogP contribution in [0.25, 0.3) is 5.69 Å². The molecule has 0 unspecified atom stereocenters. The lowest BCUT2D eigenvalue weighted by Gasteiger charge is -2.13. The van der Waals surface area contributed by atoms with Crippen molar-refractivity contribution in [2.75, 3.05) is 6.61 Å². The lowest BCUT2D eigenvalue weighted by Crippen LogP contribution is -2.15. The minimum Gasteiger partial charge on any atom is -0.489 e. The van der Waals surface area contributed by atoms with E-state index in [-0.39, 0.29) is 51.1 Å². The van der Waals surface area contributed by atoms with E-state index in [1.165, 1.54) is 24.3 Å². The Morgan fingerprint density at radius 1 is 0.957 bits per heavy atom. The van der Waals surface area contributed by atoms with Gasteiger partial charge in [-0.25, -0.2) is 4.79 Å². The second-order valence-corrected chi connectivity index (χ2v) is 12.0. The molecule has 10 nitrogen and oxygen atoms in total. The number of rotatable bonds is 8. The van der Waals surface area contributed by atoms with Crippen molar-refractivity contribution in [2.45, 2.75) is 59.2 Å². The quantitative estimate of drug-likeness (QED) is 0.131. The second kappa shape index (κ2) is 14.7. The van der Waals surface area contributed by atoms with E-state index < -0.39 is 22.4 Å². The predicted molar refractivity (Wildman–Crippen MR) is 167 cm³/mol. The van der Waals surface area contributed by atoms with Gasteiger partial charge >= 0.3 is 17.6 Å². The van der Waals surface area contributed by atoms with Crippen molar-refractivity contribution in [1.82, 2.24) is 9.78 Å². The molecule has 0 aliphatic heterocycles. The number of nitro benzene ring substituents is 1. The summed E-state index contributed by atoms with van der Waals surface area (Å²) in [6, 6.07) is 9.51. The molecule has 0 bridgehead atoms. The van der Waals surface area contributed by atoms with Crippen molar-refractivity contribution >= 4 is 40.5 Å². The molecule has 0 spiro atoms. The van der Waals surface area contributed by atoms with Crippen LogP contribution in [0.4, 0.5) is 18.9 Å². The highest BCUT2D eigenvalue weighted by molar-refractivity contribution is 6.36. The smallest absolute Gasteiger partial charge is 0.442 e. The molecule has 4 rings (SSSR count). The van der Waals surface area contributed by atoms with Crippen LogP contribution >= 0.6 is 34.8 Å². The van der Waals surface area contributed by atoms with Crippen LogP contribution in [0.5, 0.6) is 23.0 Å². The first-order valence-corrected chi connectivity index (χ1v) is 14.7. The van der Waals surface area contributed by atoms with Gasteiger partial charge in [0.1, 0.15) is 17.2 Å². The summed E-state index contributed by atoms with van der Waals surface area (Å²) in [6.45, 7) is 11.3. The molecule has 0 fully saturated rings. The lowest BCUT2D eigenvalue weighted by molar-refractivity contribution is -0.385. The molecular weight excluding hydrogens is 678 g/mol. The molecule has 0 aliphatic carbocycles. The molecule has 0 radical (unpaired) electrons. The third-order valence-corrected chi connectivity index (χ3v) is 6.59. The van der Waals surface area contributed by atoms with Gasteiger partial charge in [0, 0.05) is 23.6 Å². The molecule has 4 aromatic rings. The lowest BCUT2D eigenvalue weighted by atomic mass is 9.97. The highest BCUT2D eigenvalue weighted by atomic mass is 35.5. The Morgan fingerprint density at radius 2 is 1.61 bits per heavy atom. The van der Waals surface area contributed by atoms with Gasteiger partial charge in [0.15, 0.2) is 0 Å². The normalized spacial score (nSPS) is 11.6. The average Bonchev–Trinajstić information content (AvgIpc) is 3.33. The van der Waals surface area contributed by atoms with E-state index in [9.17, 15) is 28.1 Å². The summed E-state index contributed by atoms with van der Waals surface area (Å²) in [5, 5.41) is 15.5. The number of benzene rings is 3. The fraction of sp³-hybridized carbons (Fsp3) is 0.333. The van der Waals surface area contributed by atoms with Crippen molar-refractivity contribution in [3.63, 3.8) is 0 Å². The fourth-order valence-corrected chi connectivity index (χ4v) is 4.35. The summed E-state index contributed by atoms with van der Waals surface area (Å²) in [5.74, 6) is 0.275. The number of nitro groups is 1. The van der Waals surface area contributed by atoms with Gasteiger partial charge in [0.05, 0.1) is 44.0 Å². The standard InChI is InChI=1S/C15H18Cl2N2O3.C15H11ClF3NO4/c1-8(2)21-12-7-11(9(16)6-10(12)17)19-14(20)22-13(18-19)15(3,4)5;1-2-23-14-8-10(4-5-12(14)20(21)22)24-13-6-3-9(7-11(13)16)15(17,18)19/h6-8H,1-5H3;3-8H,2H2,1H3. The summed E-state index contributed by atoms with van der Waals surface area (Å²) in [5.41, 5.74) is -1.17. The molecule has 0 amide bonds. The van der Waals surface area contributed by atoms with E-state index in [4.69, 9.17) is 53.4 Å². The first-order valence-electron chi connectivity index (χ1n) is 13.5. The summed E-state index contributed by atoms with van der Waals surface area (Å²) in [7, 11) is 0. The number of ether oxygens (including phenoxy) is 3. The van der Waals surface area contributed by atoms with Crippen LogP contribution in [0.15, 0.2) is 57.7 Å². The van der Waals surface area contributed by atoms with Gasteiger partial charge in [-0.15, -0.1) is 5.10 Å². The van der Waals surface area contributed by atoms with Gasteiger partial charge in [-0.1, -0.05) is 55.6 Å². The number of hydrogen-bond donors (Lipinski definition) is 0. The van der Waals surface area contributed by atoms with Gasteiger partial charge < -0.3 is 18.6 Å². The summed E-state index contributed by atoms with van der Waals surface area (Å²) in [6.07, 6.45) is -4.58. The van der Waals surface area contributed by atoms with Crippen LogP contribution in [0.2, 0.25) is 15.1 Å². The maximum atomic E-state index is 12.6. The molecule has 46 heavy (non-hydrogen) atoms. The molecule has 1 aromatic heterocycles. The van der Waals surface area contributed by atoms with Gasteiger partial charge in [0.25, 0.3) is 0 Å². The minimum absolute atomic E-state index is 0.0111. The highest BCUT2D eigenvalue weighted by Crippen LogP contribution is 2.39. The minimum atomic E-state index is -4.52. The van der Waals surface area contributed by atoms with Crippen molar-refractivity contribution in [3.05, 3.63) is 95.7 Å². The number of alkyl halides is 3. The van der Waals surface area contributed by atoms with Crippen LogP contribution < -0.4 is 20.0 Å². The van der Waals surface area contributed by atoms with Gasteiger partial charge in [-0.05, 0) is 51.1 Å². The van der Waals surface area contributed by atoms with Crippen molar-refractivity contribution in [1.29, 1.82) is 0 Å². The van der Waals surface area contributed by atoms with E-state index in [0.29, 0.717) is 22.4 Å². The van der Waals surface area contributed by atoms with Gasteiger partial charge in [-0.3, -0.25) is 10.1 Å². The Morgan fingerprint density at radius 3 is 2.13 bits per heavy atom. The third kappa shape index (κ3) is 9.30. The maximum Gasteiger partial charge on any atom is 0.442 e. The van der Waals surface area contributed by atoms with Crippen LogP contribution in [0.1, 0.15) is 53.0 Å². The van der Waals surface area contributed by atoms with Gasteiger partial charge in [-0.2, -0.15) is 17.9 Å². The number of hydrogen-bond acceptors (Lipinski definition) is 8. The number of aromatic nitrogens is 2. The van der Waals surface area contributed by atoms with E-state index in [2.05, 4.69) is 5.10 Å². The third-order valence-electron chi connectivity index (χ3n) is 5.70. The van der Waals surface area contributed by atoms with E-state index in [1.807, 2.05) is 34.6 Å². The first-order chi connectivity index (χ1) is 21.3. The molecule has 0 N–H and O–H groups in total. The second-order valence-electron chi connectivity index (χ2n) is 10.8. The van der Waals surface area contributed by atoms with Crippen LogP contribution in [-0.2, 0) is 11.6 Å². The Labute approximate surface area is 276 Å². The highest BCUT2D eigenvalue weighted by Gasteiger charge is 2.31. The summed E-state index contributed by atoms with van der Waals surface area (Å²) in [4.78, 5) is 22.4. The Hall–Kier alpha value is -3.94. The topological polar surface area (TPSA) is 119 Å². The van der Waals surface area contributed by atoms with E-state index >= 15 is 0 Å². The van der Waals surface area contributed by atoms with E-state index in [0.717, 1.165) is 22.9 Å². The van der Waals surface area contributed by atoms with Crippen LogP contribution in [0.3, 0.4) is 0 Å². The molecule has 16 heteroatoms. The zero-order valence-electron chi connectivity index (χ0n) is 25.4. The van der Waals surface area contributed by atoms with E-state index in [1.54, 1.807) is 13.0 Å². The zero-order chi connectivity index (χ0) is 34.6. The molecule has 0 atom stereocenters. The predicted octanol–water partition coefficient (Wildman–Crippen LogP) is 9.67. The van der Waals surface area contributed by atoms with Crippen LogP contribution in [0, 0.1) is 10.1 Å². The largest absolute Gasteiger partial charge is 0.489 e. The monoisotopic (exact) mass is 705 g/mol. The number of halogens is 6.